The van der Waals surface area contributed by atoms with Crippen molar-refractivity contribution in [3.05, 3.63) is 0 Å². The number of carbonyl (C=O) groups is 2. The number of hydrogen-bond acceptors (Lipinski definition) is 5. The summed E-state index contributed by atoms with van der Waals surface area (Å²) < 4.78 is 10.6. The maximum absolute atomic E-state index is 12.9. The minimum absolute atomic E-state index is 0.113. The van der Waals surface area contributed by atoms with Gasteiger partial charge in [-0.2, -0.15) is 0 Å². The summed E-state index contributed by atoms with van der Waals surface area (Å²) in [5.74, 6) is -0.162. The van der Waals surface area contributed by atoms with Gasteiger partial charge in [0.05, 0.1) is 13.0 Å². The van der Waals surface area contributed by atoms with E-state index in [1.807, 2.05) is 20.8 Å². The zero-order chi connectivity index (χ0) is 18.4. The topological polar surface area (TPSA) is 65.0 Å². The highest BCUT2D eigenvalue weighted by Crippen LogP contribution is 2.59. The molecule has 3 aliphatic rings. The van der Waals surface area contributed by atoms with Gasteiger partial charge in [0.2, 0.25) is 0 Å². The van der Waals surface area contributed by atoms with Crippen LogP contribution in [0, 0.1) is 23.2 Å². The molecule has 5 nitrogen and oxygen atoms in total. The second kappa shape index (κ2) is 6.40. The van der Waals surface area contributed by atoms with Crippen molar-refractivity contribution >= 4 is 17.7 Å². The fraction of sp³-hybridized carbons (Fsp3) is 0.850. The Hall–Kier alpha value is -1.39. The van der Waals surface area contributed by atoms with E-state index in [-0.39, 0.29) is 29.2 Å². The lowest BCUT2D eigenvalue weighted by molar-refractivity contribution is -0.159. The number of esters is 2. The van der Waals surface area contributed by atoms with E-state index < -0.39 is 11.6 Å². The molecule has 0 aliphatic heterocycles. The first-order valence-electron chi connectivity index (χ1n) is 9.53. The van der Waals surface area contributed by atoms with Crippen LogP contribution in [-0.4, -0.2) is 36.4 Å². The molecule has 3 fully saturated rings. The largest absolute Gasteiger partial charge is 0.469 e. The van der Waals surface area contributed by atoms with Crippen LogP contribution in [0.25, 0.3) is 0 Å². The minimum atomic E-state index is -0.584. The van der Waals surface area contributed by atoms with Gasteiger partial charge in [-0.3, -0.25) is 9.79 Å². The predicted octanol–water partition coefficient (Wildman–Crippen LogP) is 3.55. The van der Waals surface area contributed by atoms with E-state index in [0.717, 1.165) is 43.7 Å². The highest BCUT2D eigenvalue weighted by atomic mass is 16.6. The molecule has 0 aromatic heterocycles. The minimum Gasteiger partial charge on any atom is -0.469 e. The van der Waals surface area contributed by atoms with Crippen LogP contribution in [0.15, 0.2) is 4.99 Å². The van der Waals surface area contributed by atoms with Crippen LogP contribution in [0.5, 0.6) is 0 Å². The zero-order valence-electron chi connectivity index (χ0n) is 16.1. The van der Waals surface area contributed by atoms with Crippen molar-refractivity contribution in [1.29, 1.82) is 0 Å². The molecule has 3 saturated carbocycles. The summed E-state index contributed by atoms with van der Waals surface area (Å²) in [6, 6.07) is -0.584. The van der Waals surface area contributed by atoms with Crippen LogP contribution < -0.4 is 0 Å². The first kappa shape index (κ1) is 18.4. The molecule has 0 aromatic carbocycles. The highest BCUT2D eigenvalue weighted by Gasteiger charge is 2.56. The first-order valence-corrected chi connectivity index (χ1v) is 9.53. The quantitative estimate of drug-likeness (QED) is 0.728. The number of fused-ring (bicyclic) bond motifs is 1. The predicted molar refractivity (Wildman–Crippen MR) is 95.4 cm³/mol. The first-order chi connectivity index (χ1) is 11.7. The van der Waals surface area contributed by atoms with Gasteiger partial charge in [-0.1, -0.05) is 13.3 Å². The second-order valence-corrected chi connectivity index (χ2v) is 9.14. The zero-order valence-corrected chi connectivity index (χ0v) is 16.1. The number of aliphatic imine (C=N–C) groups is 1. The molecule has 5 heteroatoms. The summed E-state index contributed by atoms with van der Waals surface area (Å²) in [6.45, 7) is 7.86. The van der Waals surface area contributed by atoms with Crippen molar-refractivity contribution in [2.45, 2.75) is 77.9 Å². The van der Waals surface area contributed by atoms with E-state index in [9.17, 15) is 9.59 Å². The van der Waals surface area contributed by atoms with Gasteiger partial charge in [-0.25, -0.2) is 4.79 Å². The standard InChI is InChI=1S/C20H31NO4/c1-19(2,3)25-18(23)16(13-7-6-8-14(13)17(22)24-5)21-15-11-12-9-10-20(12,15)4/h12-14,16H,6-11H2,1-5H3/b21-15+/t12?,13-,14+,16?,20?/m0/s1. The fourth-order valence-corrected chi connectivity index (χ4v) is 4.69. The Kier molecular flexibility index (Phi) is 4.71. The van der Waals surface area contributed by atoms with Gasteiger partial charge < -0.3 is 9.47 Å². The van der Waals surface area contributed by atoms with Crippen LogP contribution in [0.2, 0.25) is 0 Å². The van der Waals surface area contributed by atoms with Crippen molar-refractivity contribution in [1.82, 2.24) is 0 Å². The number of hydrogen-bond donors (Lipinski definition) is 0. The molecule has 3 aliphatic carbocycles. The van der Waals surface area contributed by atoms with Crippen molar-refractivity contribution in [3.8, 4) is 0 Å². The van der Waals surface area contributed by atoms with Gasteiger partial charge in [-0.05, 0) is 58.8 Å². The maximum atomic E-state index is 12.9. The molecule has 3 unspecified atom stereocenters. The molecule has 0 bridgehead atoms. The normalized spacial score (nSPS) is 36.8. The van der Waals surface area contributed by atoms with Crippen LogP contribution in [0.3, 0.4) is 0 Å². The van der Waals surface area contributed by atoms with E-state index in [2.05, 4.69) is 6.92 Å². The summed E-state index contributed by atoms with van der Waals surface area (Å²) in [7, 11) is 1.41. The Morgan fingerprint density at radius 3 is 2.44 bits per heavy atom. The second-order valence-electron chi connectivity index (χ2n) is 9.14. The SMILES string of the molecule is COC(=O)[C@@H]1CCC[C@@H]1C(/N=C1\CC2CCC12C)C(=O)OC(C)(C)C. The van der Waals surface area contributed by atoms with Crippen LogP contribution in [-0.2, 0) is 19.1 Å². The summed E-state index contributed by atoms with van der Waals surface area (Å²) in [6.07, 6.45) is 5.92. The lowest BCUT2D eigenvalue weighted by Gasteiger charge is -2.57. The number of nitrogens with zero attached hydrogens (tertiary/aromatic N) is 1. The molecule has 0 amide bonds. The van der Waals surface area contributed by atoms with E-state index in [4.69, 9.17) is 14.5 Å². The third-order valence-electron chi connectivity index (χ3n) is 6.43. The molecule has 0 saturated heterocycles. The molecule has 0 radical (unpaired) electrons. The average Bonchev–Trinajstić information content (AvgIpc) is 3.00. The molecule has 0 N–H and O–H groups in total. The Morgan fingerprint density at radius 1 is 1.24 bits per heavy atom. The summed E-state index contributed by atoms with van der Waals surface area (Å²) >= 11 is 0. The number of rotatable bonds is 4. The van der Waals surface area contributed by atoms with Gasteiger partial charge in [0.15, 0.2) is 6.04 Å². The van der Waals surface area contributed by atoms with Gasteiger partial charge in [-0.15, -0.1) is 0 Å². The van der Waals surface area contributed by atoms with Gasteiger partial charge >= 0.3 is 11.9 Å². The third kappa shape index (κ3) is 3.34. The third-order valence-corrected chi connectivity index (χ3v) is 6.43. The van der Waals surface area contributed by atoms with Crippen LogP contribution in [0.4, 0.5) is 0 Å². The number of methoxy groups -OCH3 is 1. The Labute approximate surface area is 150 Å². The van der Waals surface area contributed by atoms with Crippen LogP contribution in [0.1, 0.15) is 66.2 Å². The smallest absolute Gasteiger partial charge is 0.331 e. The molecule has 0 aromatic rings. The van der Waals surface area contributed by atoms with Crippen molar-refractivity contribution in [3.63, 3.8) is 0 Å². The molecule has 0 spiro atoms. The lowest BCUT2D eigenvalue weighted by Crippen LogP contribution is -2.56. The summed E-state index contributed by atoms with van der Waals surface area (Å²) in [5.41, 5.74) is 0.770. The van der Waals surface area contributed by atoms with Crippen molar-refractivity contribution < 1.29 is 19.1 Å². The van der Waals surface area contributed by atoms with E-state index in [1.165, 1.54) is 13.5 Å². The lowest BCUT2D eigenvalue weighted by atomic mass is 9.47. The van der Waals surface area contributed by atoms with Gasteiger partial charge in [0.1, 0.15) is 5.60 Å². The Morgan fingerprint density at radius 2 is 1.96 bits per heavy atom. The van der Waals surface area contributed by atoms with Gasteiger partial charge in [0.25, 0.3) is 0 Å². The highest BCUT2D eigenvalue weighted by molar-refractivity contribution is 5.99. The molecule has 25 heavy (non-hydrogen) atoms. The summed E-state index contributed by atoms with van der Waals surface area (Å²) in [4.78, 5) is 30.0. The molecule has 3 rings (SSSR count). The monoisotopic (exact) mass is 349 g/mol. The van der Waals surface area contributed by atoms with Crippen molar-refractivity contribution in [2.24, 2.45) is 28.2 Å². The van der Waals surface area contributed by atoms with E-state index in [0.29, 0.717) is 0 Å². The molecule has 140 valence electrons. The van der Waals surface area contributed by atoms with Crippen molar-refractivity contribution in [2.75, 3.05) is 7.11 Å². The molecule has 0 heterocycles. The Bertz CT molecular complexity index is 591. The maximum Gasteiger partial charge on any atom is 0.331 e. The van der Waals surface area contributed by atoms with Gasteiger partial charge in [0, 0.05) is 17.0 Å². The molecular weight excluding hydrogens is 318 g/mol. The fourth-order valence-electron chi connectivity index (χ4n) is 4.69. The average molecular weight is 349 g/mol. The van der Waals surface area contributed by atoms with E-state index in [1.54, 1.807) is 0 Å². The number of carbonyl (C=O) groups excluding carboxylic acids is 2. The molecular formula is C20H31NO4. The Balaban J connectivity index is 1.85. The molecule has 5 atom stereocenters. The van der Waals surface area contributed by atoms with E-state index >= 15 is 0 Å². The van der Waals surface area contributed by atoms with Crippen LogP contribution >= 0.6 is 0 Å². The number of ether oxygens (including phenoxy) is 2. The summed E-state index contributed by atoms with van der Waals surface area (Å²) in [5, 5.41) is 0.